The molecule has 4 saturated carbocycles. The molecule has 5 aliphatic rings. The summed E-state index contributed by atoms with van der Waals surface area (Å²) in [5.41, 5.74) is 0. The molecule has 0 N–H and O–H groups in total. The lowest BCUT2D eigenvalue weighted by atomic mass is 9.74. The van der Waals surface area contributed by atoms with E-state index in [1.807, 2.05) is 0 Å². The molecular formula is C19H28O4. The van der Waals surface area contributed by atoms with Gasteiger partial charge < -0.3 is 9.53 Å². The van der Waals surface area contributed by atoms with Gasteiger partial charge in [0, 0.05) is 31.1 Å². The molecule has 0 aromatic heterocycles. The molecule has 5 rings (SSSR count). The smallest absolute Gasteiger partial charge is 0.210 e. The lowest BCUT2D eigenvalue weighted by molar-refractivity contribution is -0.376. The maximum Gasteiger partial charge on any atom is 0.210 e. The molecule has 128 valence electrons. The Labute approximate surface area is 138 Å². The fraction of sp³-hybridized carbons (Fsp3) is 0.947. The summed E-state index contributed by atoms with van der Waals surface area (Å²) in [5, 5.41) is 0. The van der Waals surface area contributed by atoms with Crippen LogP contribution in [0.4, 0.5) is 0 Å². The highest BCUT2D eigenvalue weighted by molar-refractivity contribution is 5.49. The van der Waals surface area contributed by atoms with Crippen LogP contribution in [0.25, 0.3) is 0 Å². The molecule has 5 fully saturated rings. The van der Waals surface area contributed by atoms with Crippen molar-refractivity contribution >= 4 is 6.29 Å². The third-order valence-electron chi connectivity index (χ3n) is 7.66. The Hall–Kier alpha value is -0.450. The van der Waals surface area contributed by atoms with Crippen molar-refractivity contribution in [3.8, 4) is 0 Å². The van der Waals surface area contributed by atoms with Crippen LogP contribution < -0.4 is 0 Å². The highest BCUT2D eigenvalue weighted by Gasteiger charge is 2.66. The van der Waals surface area contributed by atoms with Crippen LogP contribution in [-0.2, 0) is 19.3 Å². The Morgan fingerprint density at radius 3 is 2.52 bits per heavy atom. The Morgan fingerprint density at radius 1 is 0.913 bits per heavy atom. The molecule has 4 nitrogen and oxygen atoms in total. The van der Waals surface area contributed by atoms with Crippen LogP contribution in [0.15, 0.2) is 0 Å². The summed E-state index contributed by atoms with van der Waals surface area (Å²) in [6.07, 6.45) is 13.3. The van der Waals surface area contributed by atoms with E-state index < -0.39 is 11.6 Å². The van der Waals surface area contributed by atoms with Gasteiger partial charge in [-0.05, 0) is 56.3 Å². The molecule has 0 aromatic rings. The Balaban J connectivity index is 1.36. The predicted molar refractivity (Wildman–Crippen MR) is 83.0 cm³/mol. The first-order valence-electron chi connectivity index (χ1n) is 9.74. The zero-order chi connectivity index (χ0) is 15.5. The fourth-order valence-electron chi connectivity index (χ4n) is 6.43. The highest BCUT2D eigenvalue weighted by atomic mass is 17.3. The van der Waals surface area contributed by atoms with Gasteiger partial charge in [-0.2, -0.15) is 9.78 Å². The number of carbonyl (C=O) groups excluding carboxylic acids is 1. The SMILES string of the molecule is O=CCC1CCC2(CC1)OO[C@@]1(O2)[C@@H]2CC3C[C@@H]1CCC[C@H]3C2. The van der Waals surface area contributed by atoms with Gasteiger partial charge in [-0.3, -0.25) is 0 Å². The van der Waals surface area contributed by atoms with Crippen LogP contribution in [0.1, 0.15) is 70.6 Å². The summed E-state index contributed by atoms with van der Waals surface area (Å²) in [5.74, 6) is 2.38. The van der Waals surface area contributed by atoms with Crippen LogP contribution in [0, 0.1) is 29.6 Å². The van der Waals surface area contributed by atoms with Crippen LogP contribution in [0.2, 0.25) is 0 Å². The summed E-state index contributed by atoms with van der Waals surface area (Å²) in [6.45, 7) is 0. The van der Waals surface area contributed by atoms with E-state index in [0.717, 1.165) is 43.8 Å². The van der Waals surface area contributed by atoms with Crippen molar-refractivity contribution in [3.05, 3.63) is 0 Å². The normalized spacial score (nSPS) is 54.7. The van der Waals surface area contributed by atoms with Gasteiger partial charge in [0.15, 0.2) is 0 Å². The lowest BCUT2D eigenvalue weighted by Crippen LogP contribution is -2.50. The second kappa shape index (κ2) is 5.27. The largest absolute Gasteiger partial charge is 0.312 e. The van der Waals surface area contributed by atoms with Gasteiger partial charge in [-0.25, -0.2) is 0 Å². The topological polar surface area (TPSA) is 44.8 Å². The monoisotopic (exact) mass is 320 g/mol. The van der Waals surface area contributed by atoms with Gasteiger partial charge >= 0.3 is 0 Å². The van der Waals surface area contributed by atoms with E-state index >= 15 is 0 Å². The average Bonchev–Trinajstić information content (AvgIpc) is 3.04. The first-order valence-corrected chi connectivity index (χ1v) is 9.74. The minimum Gasteiger partial charge on any atom is -0.312 e. The van der Waals surface area contributed by atoms with Crippen molar-refractivity contribution in [2.45, 2.75) is 82.2 Å². The van der Waals surface area contributed by atoms with Gasteiger partial charge in [0.2, 0.25) is 11.6 Å². The van der Waals surface area contributed by atoms with E-state index in [1.54, 1.807) is 0 Å². The molecule has 1 saturated heterocycles. The molecule has 2 spiro atoms. The quantitative estimate of drug-likeness (QED) is 0.570. The average molecular weight is 320 g/mol. The molecule has 0 amide bonds. The molecule has 0 radical (unpaired) electrons. The van der Waals surface area contributed by atoms with Gasteiger partial charge in [0.05, 0.1) is 0 Å². The van der Waals surface area contributed by atoms with E-state index in [2.05, 4.69) is 0 Å². The Bertz CT molecular complexity index is 484. The number of aldehydes is 1. The number of hydrogen-bond donors (Lipinski definition) is 0. The van der Waals surface area contributed by atoms with Crippen molar-refractivity contribution in [2.24, 2.45) is 29.6 Å². The first kappa shape index (κ1) is 14.9. The third-order valence-corrected chi connectivity index (χ3v) is 7.66. The second-order valence-corrected chi connectivity index (χ2v) is 8.80. The van der Waals surface area contributed by atoms with Crippen molar-refractivity contribution in [2.75, 3.05) is 0 Å². The van der Waals surface area contributed by atoms with Crippen molar-refractivity contribution in [1.29, 1.82) is 0 Å². The van der Waals surface area contributed by atoms with Gasteiger partial charge in [-0.1, -0.05) is 12.8 Å². The predicted octanol–water partition coefficient (Wildman–Crippen LogP) is 3.98. The minimum atomic E-state index is -0.526. The van der Waals surface area contributed by atoms with Crippen molar-refractivity contribution < 1.29 is 19.3 Å². The molecule has 0 aromatic carbocycles. The van der Waals surface area contributed by atoms with E-state index in [1.165, 1.54) is 38.5 Å². The second-order valence-electron chi connectivity index (χ2n) is 8.80. The van der Waals surface area contributed by atoms with Crippen LogP contribution >= 0.6 is 0 Å². The number of hydrogen-bond acceptors (Lipinski definition) is 4. The molecule has 4 aliphatic carbocycles. The maximum atomic E-state index is 10.7. The first-order chi connectivity index (χ1) is 11.2. The van der Waals surface area contributed by atoms with E-state index in [-0.39, 0.29) is 0 Å². The van der Waals surface area contributed by atoms with Gasteiger partial charge in [0.1, 0.15) is 6.29 Å². The van der Waals surface area contributed by atoms with Crippen molar-refractivity contribution in [1.82, 2.24) is 0 Å². The molecule has 5 atom stereocenters. The number of ether oxygens (including phenoxy) is 1. The van der Waals surface area contributed by atoms with E-state index in [0.29, 0.717) is 24.2 Å². The number of rotatable bonds is 2. The Morgan fingerprint density at radius 2 is 1.70 bits per heavy atom. The summed E-state index contributed by atoms with van der Waals surface area (Å²) in [4.78, 5) is 22.8. The molecule has 3 bridgehead atoms. The van der Waals surface area contributed by atoms with Crippen LogP contribution in [0.3, 0.4) is 0 Å². The zero-order valence-corrected chi connectivity index (χ0v) is 13.9. The standard InChI is InChI=1S/C19H28O4/c20-9-6-13-4-7-18(8-5-13)21-19(23-22-18)16-3-1-2-14-10-17(19)12-15(14)11-16/h9,13-17H,1-8,10-12H2/t13?,14-,15?,16-,17-,18?,19+/m0/s1. The lowest BCUT2D eigenvalue weighted by Gasteiger charge is -2.43. The summed E-state index contributed by atoms with van der Waals surface area (Å²) in [7, 11) is 0. The van der Waals surface area contributed by atoms with E-state index in [4.69, 9.17) is 14.5 Å². The van der Waals surface area contributed by atoms with Gasteiger partial charge in [-0.15, -0.1) is 0 Å². The molecule has 1 aliphatic heterocycles. The minimum absolute atomic E-state index is 0.455. The van der Waals surface area contributed by atoms with E-state index in [9.17, 15) is 4.79 Å². The fourth-order valence-corrected chi connectivity index (χ4v) is 6.43. The summed E-state index contributed by atoms with van der Waals surface area (Å²) >= 11 is 0. The van der Waals surface area contributed by atoms with Crippen LogP contribution in [-0.4, -0.2) is 17.9 Å². The number of fused-ring (bicyclic) bond motifs is 4. The van der Waals surface area contributed by atoms with Crippen molar-refractivity contribution in [3.63, 3.8) is 0 Å². The molecular weight excluding hydrogens is 292 g/mol. The number of carbonyl (C=O) groups is 1. The Kier molecular flexibility index (Phi) is 3.40. The molecule has 1 heterocycles. The summed E-state index contributed by atoms with van der Waals surface area (Å²) < 4.78 is 6.73. The molecule has 4 heteroatoms. The van der Waals surface area contributed by atoms with Crippen LogP contribution in [0.5, 0.6) is 0 Å². The highest BCUT2D eigenvalue weighted by Crippen LogP contribution is 2.63. The third kappa shape index (κ3) is 2.17. The zero-order valence-electron chi connectivity index (χ0n) is 13.9. The maximum absolute atomic E-state index is 10.7. The molecule has 23 heavy (non-hydrogen) atoms. The van der Waals surface area contributed by atoms with Gasteiger partial charge in [0.25, 0.3) is 0 Å². The molecule has 1 unspecified atom stereocenters. The summed E-state index contributed by atoms with van der Waals surface area (Å²) in [6, 6.07) is 0.